The van der Waals surface area contributed by atoms with Crippen LogP contribution in [-0.4, -0.2) is 24.5 Å². The highest BCUT2D eigenvalue weighted by atomic mass is 16.5. The highest BCUT2D eigenvalue weighted by Gasteiger charge is 2.19. The molecule has 6 nitrogen and oxygen atoms in total. The number of hydrogen-bond acceptors (Lipinski definition) is 4. The van der Waals surface area contributed by atoms with E-state index in [2.05, 4.69) is 10.9 Å². The zero-order chi connectivity index (χ0) is 20.6. The van der Waals surface area contributed by atoms with Crippen LogP contribution < -0.4 is 20.3 Å². The number of hydrazine groups is 1. The van der Waals surface area contributed by atoms with E-state index in [4.69, 9.17) is 9.47 Å². The largest absolute Gasteiger partial charge is 0.483 e. The molecule has 0 aromatic heterocycles. The number of nitrogens with one attached hydrogen (secondary N) is 2. The standard InChI is InChI=1S/C23H24N2O4/c1-3-20(29-18-11-6-8-16(2)14-18)23(27)25-24-22(26)15-28-21-13-7-10-17-9-4-5-12-19(17)21/h4-14,20H,3,15H2,1-2H3,(H,24,26)(H,25,27). The maximum absolute atomic E-state index is 12.3. The highest BCUT2D eigenvalue weighted by molar-refractivity contribution is 5.89. The molecule has 150 valence electrons. The van der Waals surface area contributed by atoms with Crippen molar-refractivity contribution in [2.24, 2.45) is 0 Å². The van der Waals surface area contributed by atoms with Crippen LogP contribution in [0.3, 0.4) is 0 Å². The van der Waals surface area contributed by atoms with Gasteiger partial charge < -0.3 is 9.47 Å². The molecule has 0 aliphatic carbocycles. The summed E-state index contributed by atoms with van der Waals surface area (Å²) < 4.78 is 11.3. The maximum Gasteiger partial charge on any atom is 0.279 e. The van der Waals surface area contributed by atoms with Crippen molar-refractivity contribution in [1.82, 2.24) is 10.9 Å². The van der Waals surface area contributed by atoms with Gasteiger partial charge in [0, 0.05) is 5.39 Å². The molecule has 6 heteroatoms. The van der Waals surface area contributed by atoms with E-state index in [9.17, 15) is 9.59 Å². The Kier molecular flexibility index (Phi) is 6.68. The van der Waals surface area contributed by atoms with Gasteiger partial charge in [0.25, 0.3) is 11.8 Å². The van der Waals surface area contributed by atoms with Crippen molar-refractivity contribution in [3.63, 3.8) is 0 Å². The minimum atomic E-state index is -0.712. The van der Waals surface area contributed by atoms with Crippen LogP contribution in [0, 0.1) is 6.92 Å². The summed E-state index contributed by atoms with van der Waals surface area (Å²) in [7, 11) is 0. The summed E-state index contributed by atoms with van der Waals surface area (Å²) in [5, 5.41) is 1.95. The maximum atomic E-state index is 12.3. The van der Waals surface area contributed by atoms with Crippen molar-refractivity contribution >= 4 is 22.6 Å². The summed E-state index contributed by atoms with van der Waals surface area (Å²) in [4.78, 5) is 24.4. The van der Waals surface area contributed by atoms with Crippen LogP contribution in [0.5, 0.6) is 11.5 Å². The first-order valence-electron chi connectivity index (χ1n) is 9.49. The molecule has 29 heavy (non-hydrogen) atoms. The van der Waals surface area contributed by atoms with E-state index in [1.807, 2.05) is 68.4 Å². The van der Waals surface area contributed by atoms with Crippen molar-refractivity contribution in [1.29, 1.82) is 0 Å². The monoisotopic (exact) mass is 392 g/mol. The molecular weight excluding hydrogens is 368 g/mol. The van der Waals surface area contributed by atoms with Crippen molar-refractivity contribution in [2.45, 2.75) is 26.4 Å². The molecule has 2 N–H and O–H groups in total. The predicted molar refractivity (Wildman–Crippen MR) is 112 cm³/mol. The average Bonchev–Trinajstić information content (AvgIpc) is 2.74. The Morgan fingerprint density at radius 2 is 1.72 bits per heavy atom. The third-order valence-electron chi connectivity index (χ3n) is 4.36. The number of carbonyl (C=O) groups excluding carboxylic acids is 2. The quantitative estimate of drug-likeness (QED) is 0.603. The van der Waals surface area contributed by atoms with Gasteiger partial charge in [-0.05, 0) is 42.5 Å². The Labute approximate surface area is 169 Å². The number of rotatable bonds is 7. The summed E-state index contributed by atoms with van der Waals surface area (Å²) in [5.74, 6) is 0.334. The molecule has 1 atom stereocenters. The van der Waals surface area contributed by atoms with E-state index in [1.165, 1.54) is 0 Å². The lowest BCUT2D eigenvalue weighted by Gasteiger charge is -2.18. The zero-order valence-corrected chi connectivity index (χ0v) is 16.5. The van der Waals surface area contributed by atoms with Crippen molar-refractivity contribution in [2.75, 3.05) is 6.61 Å². The van der Waals surface area contributed by atoms with Crippen molar-refractivity contribution < 1.29 is 19.1 Å². The Morgan fingerprint density at radius 3 is 2.52 bits per heavy atom. The van der Waals surface area contributed by atoms with Gasteiger partial charge in [-0.3, -0.25) is 20.4 Å². The number of fused-ring (bicyclic) bond motifs is 1. The molecule has 3 aromatic rings. The smallest absolute Gasteiger partial charge is 0.279 e. The lowest BCUT2D eigenvalue weighted by atomic mass is 10.1. The molecule has 0 saturated heterocycles. The van der Waals surface area contributed by atoms with Gasteiger partial charge in [-0.1, -0.05) is 55.5 Å². The second-order valence-electron chi connectivity index (χ2n) is 6.63. The molecule has 0 spiro atoms. The molecule has 0 heterocycles. The minimum Gasteiger partial charge on any atom is -0.483 e. The molecule has 0 aliphatic rings. The Bertz CT molecular complexity index is 998. The van der Waals surface area contributed by atoms with Crippen LogP contribution in [0.15, 0.2) is 66.7 Å². The van der Waals surface area contributed by atoms with Gasteiger partial charge in [-0.25, -0.2) is 0 Å². The fraction of sp³-hybridized carbons (Fsp3) is 0.217. The predicted octanol–water partition coefficient (Wildman–Crippen LogP) is 3.53. The van der Waals surface area contributed by atoms with E-state index in [0.29, 0.717) is 17.9 Å². The molecule has 3 rings (SSSR count). The Hall–Kier alpha value is -3.54. The summed E-state index contributed by atoms with van der Waals surface area (Å²) in [6.45, 7) is 3.57. The molecule has 3 aromatic carbocycles. The number of amides is 2. The Balaban J connectivity index is 1.50. The lowest BCUT2D eigenvalue weighted by Crippen LogP contribution is -2.49. The first-order chi connectivity index (χ1) is 14.1. The summed E-state index contributed by atoms with van der Waals surface area (Å²) in [6.07, 6.45) is -0.251. The van der Waals surface area contributed by atoms with Crippen molar-refractivity contribution in [3.05, 3.63) is 72.3 Å². The van der Waals surface area contributed by atoms with E-state index in [-0.39, 0.29) is 6.61 Å². The Morgan fingerprint density at radius 1 is 0.966 bits per heavy atom. The molecular formula is C23H24N2O4. The SMILES string of the molecule is CCC(Oc1cccc(C)c1)C(=O)NNC(=O)COc1cccc2ccccc12. The normalized spacial score (nSPS) is 11.5. The number of hydrogen-bond donors (Lipinski definition) is 2. The molecule has 0 fully saturated rings. The number of aryl methyl sites for hydroxylation is 1. The van der Waals surface area contributed by atoms with Gasteiger partial charge >= 0.3 is 0 Å². The van der Waals surface area contributed by atoms with E-state index >= 15 is 0 Å². The molecule has 0 bridgehead atoms. The third-order valence-corrected chi connectivity index (χ3v) is 4.36. The van der Waals surface area contributed by atoms with Gasteiger partial charge in [0.15, 0.2) is 12.7 Å². The zero-order valence-electron chi connectivity index (χ0n) is 16.5. The molecule has 2 amide bonds. The van der Waals surface area contributed by atoms with Crippen LogP contribution in [0.4, 0.5) is 0 Å². The van der Waals surface area contributed by atoms with Gasteiger partial charge in [0.1, 0.15) is 11.5 Å². The molecule has 0 aliphatic heterocycles. The van der Waals surface area contributed by atoms with Gasteiger partial charge in [0.05, 0.1) is 0 Å². The fourth-order valence-electron chi connectivity index (χ4n) is 2.89. The first-order valence-corrected chi connectivity index (χ1v) is 9.49. The van der Waals surface area contributed by atoms with E-state index in [0.717, 1.165) is 16.3 Å². The second-order valence-corrected chi connectivity index (χ2v) is 6.63. The number of benzene rings is 3. The fourth-order valence-corrected chi connectivity index (χ4v) is 2.89. The topological polar surface area (TPSA) is 76.7 Å². The lowest BCUT2D eigenvalue weighted by molar-refractivity contribution is -0.134. The van der Waals surface area contributed by atoms with Gasteiger partial charge in [0.2, 0.25) is 0 Å². The first kappa shape index (κ1) is 20.2. The molecule has 1 unspecified atom stereocenters. The van der Waals surface area contributed by atoms with Crippen LogP contribution in [0.25, 0.3) is 10.8 Å². The third kappa shape index (κ3) is 5.48. The average molecular weight is 392 g/mol. The highest BCUT2D eigenvalue weighted by Crippen LogP contribution is 2.24. The second kappa shape index (κ2) is 9.59. The number of carbonyl (C=O) groups is 2. The molecule has 0 saturated carbocycles. The van der Waals surface area contributed by atoms with Crippen LogP contribution in [0.2, 0.25) is 0 Å². The summed E-state index contributed by atoms with van der Waals surface area (Å²) in [6, 6.07) is 20.9. The van der Waals surface area contributed by atoms with Gasteiger partial charge in [-0.15, -0.1) is 0 Å². The van der Waals surface area contributed by atoms with E-state index in [1.54, 1.807) is 12.1 Å². The van der Waals surface area contributed by atoms with Crippen LogP contribution in [0.1, 0.15) is 18.9 Å². The van der Waals surface area contributed by atoms with Crippen LogP contribution >= 0.6 is 0 Å². The van der Waals surface area contributed by atoms with E-state index < -0.39 is 17.9 Å². The summed E-state index contributed by atoms with van der Waals surface area (Å²) in [5.41, 5.74) is 5.81. The minimum absolute atomic E-state index is 0.218. The van der Waals surface area contributed by atoms with Crippen LogP contribution in [-0.2, 0) is 9.59 Å². The molecule has 0 radical (unpaired) electrons. The summed E-state index contributed by atoms with van der Waals surface area (Å²) >= 11 is 0. The number of ether oxygens (including phenoxy) is 2. The van der Waals surface area contributed by atoms with Crippen molar-refractivity contribution in [3.8, 4) is 11.5 Å². The van der Waals surface area contributed by atoms with Gasteiger partial charge in [-0.2, -0.15) is 0 Å².